The highest BCUT2D eigenvalue weighted by molar-refractivity contribution is 7.21. The molecule has 0 aromatic carbocycles. The van der Waals surface area contributed by atoms with E-state index in [0.29, 0.717) is 24.6 Å². The molecule has 4 heterocycles. The van der Waals surface area contributed by atoms with Crippen LogP contribution >= 0.6 is 11.3 Å². The fourth-order valence-electron chi connectivity index (χ4n) is 3.56. The highest BCUT2D eigenvalue weighted by Gasteiger charge is 2.32. The quantitative estimate of drug-likeness (QED) is 0.647. The smallest absolute Gasteiger partial charge is 0.310 e. The van der Waals surface area contributed by atoms with E-state index in [2.05, 4.69) is 4.98 Å². The first-order valence-corrected chi connectivity index (χ1v) is 9.97. The summed E-state index contributed by atoms with van der Waals surface area (Å²) in [6, 6.07) is 7.74. The van der Waals surface area contributed by atoms with Crippen molar-refractivity contribution in [2.24, 2.45) is 5.92 Å². The Balaban J connectivity index is 1.69. The summed E-state index contributed by atoms with van der Waals surface area (Å²) in [7, 11) is 0. The molecule has 7 heteroatoms. The van der Waals surface area contributed by atoms with Crippen molar-refractivity contribution in [3.63, 3.8) is 0 Å². The fraction of sp³-hybridized carbons (Fsp3) is 0.350. The number of amides is 1. The second-order valence-electron chi connectivity index (χ2n) is 6.57. The number of thiophene rings is 1. The molecule has 27 heavy (non-hydrogen) atoms. The van der Waals surface area contributed by atoms with Crippen LogP contribution in [0.4, 0.5) is 0 Å². The zero-order chi connectivity index (χ0) is 18.8. The van der Waals surface area contributed by atoms with Gasteiger partial charge < -0.3 is 14.2 Å². The molecule has 4 rings (SSSR count). The summed E-state index contributed by atoms with van der Waals surface area (Å²) >= 11 is 1.40. The minimum absolute atomic E-state index is 0.0456. The molecule has 3 aromatic heterocycles. The number of rotatable bonds is 4. The Kier molecular flexibility index (Phi) is 4.94. The molecule has 0 aliphatic carbocycles. The minimum Gasteiger partial charge on any atom is -0.466 e. The lowest BCUT2D eigenvalue weighted by atomic mass is 9.98. The van der Waals surface area contributed by atoms with E-state index in [1.54, 1.807) is 18.0 Å². The van der Waals surface area contributed by atoms with Crippen molar-refractivity contribution in [1.29, 1.82) is 0 Å². The summed E-state index contributed by atoms with van der Waals surface area (Å²) in [4.78, 5) is 33.2. The number of carbonyl (C=O) groups is 2. The molecule has 0 unspecified atom stereocenters. The monoisotopic (exact) mass is 383 g/mol. The van der Waals surface area contributed by atoms with E-state index in [0.717, 1.165) is 28.7 Å². The summed E-state index contributed by atoms with van der Waals surface area (Å²) in [6.07, 6.45) is 7.17. The Labute approximate surface area is 161 Å². The molecule has 1 aliphatic heterocycles. The normalized spacial score (nSPS) is 17.2. The minimum atomic E-state index is -0.245. The number of ether oxygens (including phenoxy) is 1. The topological polar surface area (TPSA) is 64.4 Å². The number of pyridine rings is 1. The summed E-state index contributed by atoms with van der Waals surface area (Å²) in [5.41, 5.74) is 0.858. The fourth-order valence-corrected chi connectivity index (χ4v) is 4.67. The molecule has 1 fully saturated rings. The van der Waals surface area contributed by atoms with Crippen LogP contribution in [0.15, 0.2) is 42.9 Å². The number of fused-ring (bicyclic) bond motifs is 1. The lowest BCUT2D eigenvalue weighted by Crippen LogP contribution is -2.42. The summed E-state index contributed by atoms with van der Waals surface area (Å²) in [5, 5.41) is 0.959. The molecule has 3 aromatic rings. The number of carbonyl (C=O) groups excluding carboxylic acids is 2. The van der Waals surface area contributed by atoms with Gasteiger partial charge in [0.15, 0.2) is 0 Å². The van der Waals surface area contributed by atoms with Crippen LogP contribution in [0.3, 0.4) is 0 Å². The Morgan fingerprint density at radius 2 is 2.11 bits per heavy atom. The van der Waals surface area contributed by atoms with Gasteiger partial charge in [0.05, 0.1) is 18.2 Å². The lowest BCUT2D eigenvalue weighted by molar-refractivity contribution is -0.149. The molecular weight excluding hydrogens is 362 g/mol. The highest BCUT2D eigenvalue weighted by Crippen LogP contribution is 2.34. The molecule has 0 N–H and O–H groups in total. The van der Waals surface area contributed by atoms with E-state index in [1.807, 2.05) is 41.2 Å². The van der Waals surface area contributed by atoms with Crippen LogP contribution in [0.25, 0.3) is 15.9 Å². The van der Waals surface area contributed by atoms with Gasteiger partial charge in [-0.2, -0.15) is 0 Å². The van der Waals surface area contributed by atoms with Crippen LogP contribution in [-0.2, 0) is 9.53 Å². The van der Waals surface area contributed by atoms with Crippen LogP contribution in [-0.4, -0.2) is 46.0 Å². The Hall–Kier alpha value is -2.67. The highest BCUT2D eigenvalue weighted by atomic mass is 32.1. The van der Waals surface area contributed by atoms with Gasteiger partial charge in [-0.05, 0) is 44.0 Å². The number of esters is 1. The van der Waals surface area contributed by atoms with Crippen LogP contribution < -0.4 is 0 Å². The van der Waals surface area contributed by atoms with E-state index in [1.165, 1.54) is 11.3 Å². The van der Waals surface area contributed by atoms with Crippen molar-refractivity contribution in [1.82, 2.24) is 14.5 Å². The van der Waals surface area contributed by atoms with Crippen molar-refractivity contribution in [3.8, 4) is 5.69 Å². The van der Waals surface area contributed by atoms with Crippen molar-refractivity contribution in [2.45, 2.75) is 19.8 Å². The average Bonchev–Trinajstić information content (AvgIpc) is 3.35. The maximum absolute atomic E-state index is 13.4. The van der Waals surface area contributed by atoms with Crippen LogP contribution in [0.2, 0.25) is 0 Å². The standard InChI is InChI=1S/C20H21N3O3S/c1-2-26-20(25)14-7-6-12-23(13-14)19(24)17-16(22-10-3-4-11-22)15-8-5-9-21-18(15)27-17/h3-5,8-11,14H,2,6-7,12-13H2,1H3/t14-/m0/s1. The Morgan fingerprint density at radius 1 is 1.30 bits per heavy atom. The molecule has 0 bridgehead atoms. The van der Waals surface area contributed by atoms with Gasteiger partial charge in [0.2, 0.25) is 0 Å². The van der Waals surface area contributed by atoms with E-state index in [9.17, 15) is 9.59 Å². The van der Waals surface area contributed by atoms with Crippen LogP contribution in [0.1, 0.15) is 29.4 Å². The zero-order valence-corrected chi connectivity index (χ0v) is 15.9. The predicted molar refractivity (Wildman–Crippen MR) is 104 cm³/mol. The van der Waals surface area contributed by atoms with Gasteiger partial charge in [0, 0.05) is 37.1 Å². The molecule has 1 aliphatic rings. The molecule has 0 saturated carbocycles. The number of nitrogens with zero attached hydrogens (tertiary/aromatic N) is 3. The van der Waals surface area contributed by atoms with Crippen LogP contribution in [0, 0.1) is 5.92 Å². The first-order chi connectivity index (χ1) is 13.2. The van der Waals surface area contributed by atoms with E-state index in [4.69, 9.17) is 4.74 Å². The van der Waals surface area contributed by atoms with E-state index in [-0.39, 0.29) is 17.8 Å². The number of piperidine rings is 1. The first-order valence-electron chi connectivity index (χ1n) is 9.15. The van der Waals surface area contributed by atoms with E-state index < -0.39 is 0 Å². The second-order valence-corrected chi connectivity index (χ2v) is 7.57. The molecule has 140 valence electrons. The molecule has 1 atom stereocenters. The Morgan fingerprint density at radius 3 is 2.89 bits per heavy atom. The van der Waals surface area contributed by atoms with Gasteiger partial charge in [-0.15, -0.1) is 11.3 Å². The van der Waals surface area contributed by atoms with Crippen molar-refractivity contribution in [3.05, 3.63) is 47.7 Å². The average molecular weight is 383 g/mol. The first kappa shape index (κ1) is 17.7. The summed E-state index contributed by atoms with van der Waals surface area (Å²) < 4.78 is 7.12. The lowest BCUT2D eigenvalue weighted by Gasteiger charge is -2.31. The maximum atomic E-state index is 13.4. The van der Waals surface area contributed by atoms with Gasteiger partial charge in [-0.1, -0.05) is 0 Å². The Bertz CT molecular complexity index is 964. The zero-order valence-electron chi connectivity index (χ0n) is 15.1. The second kappa shape index (κ2) is 7.52. The predicted octanol–water partition coefficient (Wildman–Crippen LogP) is 3.50. The summed E-state index contributed by atoms with van der Waals surface area (Å²) in [5.74, 6) is -0.500. The largest absolute Gasteiger partial charge is 0.466 e. The van der Waals surface area contributed by atoms with Gasteiger partial charge in [0.1, 0.15) is 9.71 Å². The number of hydrogen-bond acceptors (Lipinski definition) is 5. The molecule has 6 nitrogen and oxygen atoms in total. The van der Waals surface area contributed by atoms with Gasteiger partial charge in [0.25, 0.3) is 5.91 Å². The maximum Gasteiger partial charge on any atom is 0.310 e. The molecule has 0 radical (unpaired) electrons. The molecule has 1 saturated heterocycles. The number of likely N-dealkylation sites (tertiary alicyclic amines) is 1. The summed E-state index contributed by atoms with van der Waals surface area (Å²) in [6.45, 7) is 3.23. The molecule has 0 spiro atoms. The van der Waals surface area contributed by atoms with Gasteiger partial charge >= 0.3 is 5.97 Å². The third-order valence-corrected chi connectivity index (χ3v) is 5.92. The SMILES string of the molecule is CCOC(=O)[C@H]1CCCN(C(=O)c2sc3ncccc3c2-n2cccc2)C1. The van der Waals surface area contributed by atoms with Gasteiger partial charge in [-0.3, -0.25) is 9.59 Å². The van der Waals surface area contributed by atoms with Crippen molar-refractivity contribution >= 4 is 33.4 Å². The number of hydrogen-bond donors (Lipinski definition) is 0. The van der Waals surface area contributed by atoms with Gasteiger partial charge in [-0.25, -0.2) is 4.98 Å². The van der Waals surface area contributed by atoms with Crippen molar-refractivity contribution < 1.29 is 14.3 Å². The van der Waals surface area contributed by atoms with Crippen LogP contribution in [0.5, 0.6) is 0 Å². The number of aromatic nitrogens is 2. The molecular formula is C20H21N3O3S. The third kappa shape index (κ3) is 3.35. The van der Waals surface area contributed by atoms with E-state index >= 15 is 0 Å². The third-order valence-electron chi connectivity index (χ3n) is 4.83. The molecule has 1 amide bonds. The van der Waals surface area contributed by atoms with Crippen molar-refractivity contribution in [2.75, 3.05) is 19.7 Å².